The number of methoxy groups -OCH3 is 1. The van der Waals surface area contributed by atoms with Gasteiger partial charge in [-0.15, -0.1) is 0 Å². The van der Waals surface area contributed by atoms with Crippen molar-refractivity contribution in [3.63, 3.8) is 0 Å². The highest BCUT2D eigenvalue weighted by Crippen LogP contribution is 2.38. The summed E-state index contributed by atoms with van der Waals surface area (Å²) in [5.74, 6) is 0.548. The molecule has 2 aromatic carbocycles. The largest absolute Gasteiger partial charge is 0.497 e. The Bertz CT molecular complexity index is 1170. The second-order valence-electron chi connectivity index (χ2n) is 7.76. The number of halogens is 1. The van der Waals surface area contributed by atoms with E-state index in [-0.39, 0.29) is 23.2 Å². The van der Waals surface area contributed by atoms with E-state index in [0.29, 0.717) is 41.9 Å². The molecule has 0 aliphatic carbocycles. The topological polar surface area (TPSA) is 69.0 Å². The van der Waals surface area contributed by atoms with Crippen molar-refractivity contribution in [3.05, 3.63) is 74.0 Å². The third-order valence-electron chi connectivity index (χ3n) is 5.35. The Kier molecular flexibility index (Phi) is 6.16. The molecule has 0 saturated carbocycles. The first-order chi connectivity index (χ1) is 14.9. The third kappa shape index (κ3) is 4.12. The van der Waals surface area contributed by atoms with Crippen molar-refractivity contribution in [3.8, 4) is 5.75 Å². The van der Waals surface area contributed by atoms with Crippen LogP contribution in [0.1, 0.15) is 48.0 Å². The maximum Gasteiger partial charge on any atom is 0.290 e. The number of ether oxygens (including phenoxy) is 2. The van der Waals surface area contributed by atoms with Crippen molar-refractivity contribution < 1.29 is 18.7 Å². The first kappa shape index (κ1) is 21.6. The number of amides is 1. The van der Waals surface area contributed by atoms with E-state index in [9.17, 15) is 9.59 Å². The van der Waals surface area contributed by atoms with Crippen LogP contribution < -0.4 is 10.2 Å². The molecular weight excluding hydrogens is 462 g/mol. The van der Waals surface area contributed by atoms with Crippen molar-refractivity contribution in [2.75, 3.05) is 20.3 Å². The molecule has 0 fully saturated rings. The molecule has 0 saturated heterocycles. The quantitative estimate of drug-likeness (QED) is 0.444. The van der Waals surface area contributed by atoms with Crippen LogP contribution in [0.25, 0.3) is 11.0 Å². The molecule has 4 rings (SSSR count). The van der Waals surface area contributed by atoms with E-state index in [1.807, 2.05) is 38.1 Å². The Morgan fingerprint density at radius 2 is 1.87 bits per heavy atom. The van der Waals surface area contributed by atoms with Gasteiger partial charge in [0, 0.05) is 17.6 Å². The summed E-state index contributed by atoms with van der Waals surface area (Å²) in [6, 6.07) is 12.1. The molecule has 1 amide bonds. The van der Waals surface area contributed by atoms with Gasteiger partial charge in [0.2, 0.25) is 5.76 Å². The van der Waals surface area contributed by atoms with Crippen molar-refractivity contribution in [2.45, 2.75) is 32.4 Å². The van der Waals surface area contributed by atoms with Crippen LogP contribution in [-0.2, 0) is 4.74 Å². The predicted molar refractivity (Wildman–Crippen MR) is 122 cm³/mol. The van der Waals surface area contributed by atoms with Gasteiger partial charge in [0.1, 0.15) is 11.3 Å². The lowest BCUT2D eigenvalue weighted by Gasteiger charge is -2.25. The fourth-order valence-electron chi connectivity index (χ4n) is 3.91. The van der Waals surface area contributed by atoms with Gasteiger partial charge in [-0.3, -0.25) is 9.59 Å². The zero-order chi connectivity index (χ0) is 22.1. The summed E-state index contributed by atoms with van der Waals surface area (Å²) in [5, 5.41) is 0.449. The molecule has 2 heterocycles. The van der Waals surface area contributed by atoms with Crippen molar-refractivity contribution in [2.24, 2.45) is 0 Å². The van der Waals surface area contributed by atoms with Gasteiger partial charge < -0.3 is 18.8 Å². The Morgan fingerprint density at radius 3 is 2.55 bits per heavy atom. The minimum atomic E-state index is -0.521. The zero-order valence-electron chi connectivity index (χ0n) is 17.7. The van der Waals surface area contributed by atoms with Crippen LogP contribution in [0.5, 0.6) is 5.75 Å². The van der Waals surface area contributed by atoms with Gasteiger partial charge in [0.25, 0.3) is 5.91 Å². The van der Waals surface area contributed by atoms with Crippen LogP contribution in [0.4, 0.5) is 0 Å². The molecule has 162 valence electrons. The fraction of sp³-hybridized carbons (Fsp3) is 0.333. The average Bonchev–Trinajstić information content (AvgIpc) is 3.04. The summed E-state index contributed by atoms with van der Waals surface area (Å²) in [4.78, 5) is 28.5. The minimum Gasteiger partial charge on any atom is -0.497 e. The Balaban J connectivity index is 1.81. The molecule has 3 aromatic rings. The highest BCUT2D eigenvalue weighted by molar-refractivity contribution is 9.10. The average molecular weight is 486 g/mol. The van der Waals surface area contributed by atoms with Crippen LogP contribution in [0, 0.1) is 0 Å². The summed E-state index contributed by atoms with van der Waals surface area (Å²) in [5.41, 5.74) is 1.43. The molecule has 7 heteroatoms. The van der Waals surface area contributed by atoms with E-state index in [4.69, 9.17) is 13.9 Å². The lowest BCUT2D eigenvalue weighted by atomic mass is 9.98. The second-order valence-corrected chi connectivity index (χ2v) is 8.68. The predicted octanol–water partition coefficient (Wildman–Crippen LogP) is 4.92. The minimum absolute atomic E-state index is 0.116. The van der Waals surface area contributed by atoms with Crippen LogP contribution in [0.3, 0.4) is 0 Å². The maximum atomic E-state index is 13.5. The number of carbonyl (C=O) groups is 1. The first-order valence-electron chi connectivity index (χ1n) is 10.2. The zero-order valence-corrected chi connectivity index (χ0v) is 19.3. The molecule has 0 radical (unpaired) electrons. The Morgan fingerprint density at radius 1 is 1.13 bits per heavy atom. The molecular formula is C24H24BrNO5. The highest BCUT2D eigenvalue weighted by atomic mass is 79.9. The monoisotopic (exact) mass is 485 g/mol. The summed E-state index contributed by atoms with van der Waals surface area (Å²) in [6.45, 7) is 4.93. The van der Waals surface area contributed by atoms with Crippen molar-refractivity contribution >= 4 is 32.8 Å². The Hall–Kier alpha value is -2.64. The number of rotatable bonds is 7. The van der Waals surface area contributed by atoms with E-state index in [2.05, 4.69) is 15.9 Å². The SMILES string of the molecule is COc1ccc([C@@H]2c3c(oc4ccc(Br)cc4c3=O)C(=O)N2CCCOC(C)C)cc1. The van der Waals surface area contributed by atoms with Crippen molar-refractivity contribution in [1.29, 1.82) is 0 Å². The smallest absolute Gasteiger partial charge is 0.290 e. The lowest BCUT2D eigenvalue weighted by Crippen LogP contribution is -2.31. The standard InChI is InChI=1S/C24H24BrNO5/c1-14(2)30-12-4-11-26-21(15-5-8-17(29-3)9-6-15)20-22(27)18-13-16(25)7-10-19(18)31-23(20)24(26)28/h5-10,13-14,21H,4,11-12H2,1-3H3/t21-/m1/s1. The number of carbonyl (C=O) groups excluding carboxylic acids is 1. The van der Waals surface area contributed by atoms with Crippen molar-refractivity contribution in [1.82, 2.24) is 4.90 Å². The molecule has 6 nitrogen and oxygen atoms in total. The molecule has 1 aliphatic heterocycles. The van der Waals surface area contributed by atoms with Gasteiger partial charge in [-0.1, -0.05) is 28.1 Å². The molecule has 1 aromatic heterocycles. The summed E-state index contributed by atoms with van der Waals surface area (Å²) < 4.78 is 17.6. The van der Waals surface area contributed by atoms with Crippen LogP contribution in [0.15, 0.2) is 56.1 Å². The van der Waals surface area contributed by atoms with Gasteiger partial charge in [-0.25, -0.2) is 0 Å². The lowest BCUT2D eigenvalue weighted by molar-refractivity contribution is 0.0593. The number of nitrogens with zero attached hydrogens (tertiary/aromatic N) is 1. The number of hydrogen-bond acceptors (Lipinski definition) is 5. The molecule has 0 bridgehead atoms. The molecule has 0 spiro atoms. The molecule has 0 N–H and O–H groups in total. The van der Waals surface area contributed by atoms with Gasteiger partial charge in [0.05, 0.1) is 30.2 Å². The second kappa shape index (κ2) is 8.85. The number of hydrogen-bond donors (Lipinski definition) is 0. The van der Waals surface area contributed by atoms with E-state index in [1.165, 1.54) is 0 Å². The van der Waals surface area contributed by atoms with Gasteiger partial charge >= 0.3 is 0 Å². The van der Waals surface area contributed by atoms with E-state index >= 15 is 0 Å². The normalized spacial score (nSPS) is 15.7. The van der Waals surface area contributed by atoms with Gasteiger partial charge in [-0.05, 0) is 56.2 Å². The van der Waals surface area contributed by atoms with Gasteiger partial charge in [-0.2, -0.15) is 0 Å². The molecule has 31 heavy (non-hydrogen) atoms. The summed E-state index contributed by atoms with van der Waals surface area (Å²) in [7, 11) is 1.60. The molecule has 0 unspecified atom stereocenters. The summed E-state index contributed by atoms with van der Waals surface area (Å²) >= 11 is 3.41. The van der Waals surface area contributed by atoms with E-state index in [0.717, 1.165) is 10.0 Å². The highest BCUT2D eigenvalue weighted by Gasteiger charge is 2.42. The first-order valence-corrected chi connectivity index (χ1v) is 11.0. The molecule has 1 atom stereocenters. The fourth-order valence-corrected chi connectivity index (χ4v) is 4.27. The van der Waals surface area contributed by atoms with E-state index < -0.39 is 6.04 Å². The number of benzene rings is 2. The van der Waals surface area contributed by atoms with Gasteiger partial charge in [0.15, 0.2) is 5.43 Å². The Labute approximate surface area is 188 Å². The summed E-state index contributed by atoms with van der Waals surface area (Å²) in [6.07, 6.45) is 0.778. The van der Waals surface area contributed by atoms with Crippen LogP contribution >= 0.6 is 15.9 Å². The maximum absolute atomic E-state index is 13.5. The van der Waals surface area contributed by atoms with E-state index in [1.54, 1.807) is 30.2 Å². The van der Waals surface area contributed by atoms with Crippen LogP contribution in [0.2, 0.25) is 0 Å². The third-order valence-corrected chi connectivity index (χ3v) is 5.85. The number of fused-ring (bicyclic) bond motifs is 2. The van der Waals surface area contributed by atoms with Crippen LogP contribution in [-0.4, -0.2) is 37.2 Å². The molecule has 1 aliphatic rings.